The van der Waals surface area contributed by atoms with Crippen molar-refractivity contribution in [3.63, 3.8) is 0 Å². The van der Waals surface area contributed by atoms with E-state index in [0.717, 1.165) is 41.9 Å². The van der Waals surface area contributed by atoms with Gasteiger partial charge in [0.15, 0.2) is 0 Å². The smallest absolute Gasteiger partial charge is 0.142 e. The monoisotopic (exact) mass is 294 g/mol. The second kappa shape index (κ2) is 6.23. The maximum atomic E-state index is 6.14. The third-order valence-electron chi connectivity index (χ3n) is 4.40. The van der Waals surface area contributed by atoms with E-state index in [9.17, 15) is 0 Å². The predicted octanol–water partition coefficient (Wildman–Crippen LogP) is 3.63. The third-order valence-corrected chi connectivity index (χ3v) is 4.64. The molecule has 1 atom stereocenters. The number of rotatable bonds is 5. The van der Waals surface area contributed by atoms with Crippen LogP contribution >= 0.6 is 11.6 Å². The molecule has 20 heavy (non-hydrogen) atoms. The number of benzene rings is 1. The molecule has 0 aliphatic carbocycles. The van der Waals surface area contributed by atoms with Gasteiger partial charge in [0.05, 0.1) is 12.3 Å². The molecule has 2 bridgehead atoms. The highest BCUT2D eigenvalue weighted by Crippen LogP contribution is 2.34. The Kier molecular flexibility index (Phi) is 4.37. The lowest BCUT2D eigenvalue weighted by molar-refractivity contribution is 0.0974. The molecular weight excluding hydrogens is 272 g/mol. The van der Waals surface area contributed by atoms with Crippen LogP contribution in [0.4, 0.5) is 5.69 Å². The van der Waals surface area contributed by atoms with Gasteiger partial charge in [0, 0.05) is 17.6 Å². The average molecular weight is 295 g/mol. The van der Waals surface area contributed by atoms with Crippen LogP contribution in [0.1, 0.15) is 26.2 Å². The van der Waals surface area contributed by atoms with Crippen LogP contribution in [0.3, 0.4) is 0 Å². The van der Waals surface area contributed by atoms with E-state index in [-0.39, 0.29) is 0 Å². The van der Waals surface area contributed by atoms with Gasteiger partial charge in [-0.05, 0) is 56.5 Å². The summed E-state index contributed by atoms with van der Waals surface area (Å²) in [7, 11) is 0. The van der Waals surface area contributed by atoms with Crippen LogP contribution in [0.15, 0.2) is 18.2 Å². The molecule has 0 radical (unpaired) electrons. The van der Waals surface area contributed by atoms with Gasteiger partial charge in [0.2, 0.25) is 0 Å². The minimum Gasteiger partial charge on any atom is -0.491 e. The van der Waals surface area contributed by atoms with E-state index >= 15 is 0 Å². The van der Waals surface area contributed by atoms with Crippen LogP contribution < -0.4 is 10.1 Å². The molecule has 4 rings (SSSR count). The lowest BCUT2D eigenvalue weighted by Gasteiger charge is -2.45. The van der Waals surface area contributed by atoms with Gasteiger partial charge >= 0.3 is 0 Å². The summed E-state index contributed by atoms with van der Waals surface area (Å²) in [6.07, 6.45) is 3.63. The van der Waals surface area contributed by atoms with Crippen LogP contribution in [0.2, 0.25) is 5.02 Å². The highest BCUT2D eigenvalue weighted by atomic mass is 35.5. The molecular formula is C16H23ClN2O. The molecule has 0 amide bonds. The van der Waals surface area contributed by atoms with Gasteiger partial charge in [-0.25, -0.2) is 0 Å². The average Bonchev–Trinajstić information content (AvgIpc) is 2.48. The van der Waals surface area contributed by atoms with Gasteiger partial charge in [-0.2, -0.15) is 0 Å². The first-order chi connectivity index (χ1) is 9.76. The molecule has 1 unspecified atom stereocenters. The Morgan fingerprint density at radius 1 is 1.35 bits per heavy atom. The van der Waals surface area contributed by atoms with Crippen molar-refractivity contribution in [2.75, 3.05) is 31.6 Å². The SMILES string of the molecule is CCCOc1ccc(Cl)cc1NC1CN2CCC1CC2. The number of hydrogen-bond donors (Lipinski definition) is 1. The fraction of sp³-hybridized carbons (Fsp3) is 0.625. The normalized spacial score (nSPS) is 28.4. The predicted molar refractivity (Wildman–Crippen MR) is 83.8 cm³/mol. The summed E-state index contributed by atoms with van der Waals surface area (Å²) in [5.74, 6) is 1.71. The standard InChI is InChI=1S/C16H23ClN2O/c1-2-9-20-16-4-3-13(17)10-14(16)18-15-11-19-7-5-12(15)6-8-19/h3-4,10,12,15,18H,2,5-9,11H2,1H3. The first-order valence-electron chi connectivity index (χ1n) is 7.67. The zero-order valence-corrected chi connectivity index (χ0v) is 12.8. The topological polar surface area (TPSA) is 24.5 Å². The second-order valence-corrected chi connectivity index (χ2v) is 6.31. The van der Waals surface area contributed by atoms with E-state index in [1.165, 1.54) is 25.9 Å². The van der Waals surface area contributed by atoms with E-state index in [1.807, 2.05) is 18.2 Å². The summed E-state index contributed by atoms with van der Waals surface area (Å²) in [5.41, 5.74) is 1.05. The van der Waals surface area contributed by atoms with Crippen molar-refractivity contribution >= 4 is 17.3 Å². The molecule has 0 spiro atoms. The van der Waals surface area contributed by atoms with E-state index in [0.29, 0.717) is 6.04 Å². The number of nitrogens with zero attached hydrogens (tertiary/aromatic N) is 1. The summed E-state index contributed by atoms with van der Waals surface area (Å²) in [4.78, 5) is 2.55. The fourth-order valence-corrected chi connectivity index (χ4v) is 3.45. The molecule has 3 aliphatic heterocycles. The van der Waals surface area contributed by atoms with Crippen molar-refractivity contribution in [1.29, 1.82) is 0 Å². The molecule has 1 aromatic carbocycles. The van der Waals surface area contributed by atoms with Crippen molar-refractivity contribution in [3.8, 4) is 5.75 Å². The van der Waals surface area contributed by atoms with Crippen LogP contribution in [0.25, 0.3) is 0 Å². The van der Waals surface area contributed by atoms with E-state index in [1.54, 1.807) is 0 Å². The lowest BCUT2D eigenvalue weighted by atomic mass is 9.84. The molecule has 0 aromatic heterocycles. The first kappa shape index (κ1) is 14.0. The van der Waals surface area contributed by atoms with Crippen LogP contribution in [0, 0.1) is 5.92 Å². The molecule has 3 heterocycles. The number of piperidine rings is 3. The van der Waals surface area contributed by atoms with E-state index in [2.05, 4.69) is 17.1 Å². The Balaban J connectivity index is 1.73. The fourth-order valence-electron chi connectivity index (χ4n) is 3.28. The van der Waals surface area contributed by atoms with E-state index < -0.39 is 0 Å². The summed E-state index contributed by atoms with van der Waals surface area (Å²) in [6.45, 7) is 6.53. The zero-order valence-electron chi connectivity index (χ0n) is 12.1. The zero-order chi connectivity index (χ0) is 13.9. The lowest BCUT2D eigenvalue weighted by Crippen LogP contribution is -2.53. The first-order valence-corrected chi connectivity index (χ1v) is 8.05. The third kappa shape index (κ3) is 3.04. The Hall–Kier alpha value is -0.930. The highest BCUT2D eigenvalue weighted by Gasteiger charge is 2.34. The number of fused-ring (bicyclic) bond motifs is 3. The Morgan fingerprint density at radius 2 is 2.15 bits per heavy atom. The molecule has 3 aliphatic rings. The van der Waals surface area contributed by atoms with Gasteiger partial charge in [-0.3, -0.25) is 0 Å². The summed E-state index contributed by atoms with van der Waals surface area (Å²) < 4.78 is 5.83. The van der Waals surface area contributed by atoms with Gasteiger partial charge in [-0.15, -0.1) is 0 Å². The molecule has 3 fully saturated rings. The molecule has 3 saturated heterocycles. The molecule has 110 valence electrons. The maximum absolute atomic E-state index is 6.14. The summed E-state index contributed by atoms with van der Waals surface area (Å²) in [6, 6.07) is 6.39. The van der Waals surface area contributed by atoms with Gasteiger partial charge in [0.25, 0.3) is 0 Å². The largest absolute Gasteiger partial charge is 0.491 e. The minimum absolute atomic E-state index is 0.528. The quantitative estimate of drug-likeness (QED) is 0.897. The molecule has 3 nitrogen and oxygen atoms in total. The van der Waals surface area contributed by atoms with Gasteiger partial charge in [-0.1, -0.05) is 18.5 Å². The number of anilines is 1. The summed E-state index contributed by atoms with van der Waals surface area (Å²) in [5, 5.41) is 4.44. The van der Waals surface area contributed by atoms with Crippen molar-refractivity contribution in [1.82, 2.24) is 4.90 Å². The number of hydrogen-bond acceptors (Lipinski definition) is 3. The maximum Gasteiger partial charge on any atom is 0.142 e. The molecule has 1 aromatic rings. The van der Waals surface area contributed by atoms with Crippen molar-refractivity contribution in [2.45, 2.75) is 32.2 Å². The Morgan fingerprint density at radius 3 is 2.80 bits per heavy atom. The molecule has 0 saturated carbocycles. The van der Waals surface area contributed by atoms with Crippen LogP contribution in [-0.4, -0.2) is 37.2 Å². The Bertz CT molecular complexity index is 458. The number of nitrogens with one attached hydrogen (secondary N) is 1. The highest BCUT2D eigenvalue weighted by molar-refractivity contribution is 6.30. The summed E-state index contributed by atoms with van der Waals surface area (Å²) >= 11 is 6.14. The van der Waals surface area contributed by atoms with Gasteiger partial charge in [0.1, 0.15) is 5.75 Å². The van der Waals surface area contributed by atoms with Crippen LogP contribution in [0.5, 0.6) is 5.75 Å². The van der Waals surface area contributed by atoms with Crippen molar-refractivity contribution in [2.24, 2.45) is 5.92 Å². The minimum atomic E-state index is 0.528. The molecule has 4 heteroatoms. The van der Waals surface area contributed by atoms with E-state index in [4.69, 9.17) is 16.3 Å². The van der Waals surface area contributed by atoms with Crippen LogP contribution in [-0.2, 0) is 0 Å². The van der Waals surface area contributed by atoms with Crippen molar-refractivity contribution < 1.29 is 4.74 Å². The van der Waals surface area contributed by atoms with Gasteiger partial charge < -0.3 is 15.0 Å². The second-order valence-electron chi connectivity index (χ2n) is 5.88. The molecule has 1 N–H and O–H groups in total. The Labute approximate surface area is 126 Å². The van der Waals surface area contributed by atoms with Crippen molar-refractivity contribution in [3.05, 3.63) is 23.2 Å². The number of ether oxygens (including phenoxy) is 1. The number of halogens is 1.